The minimum atomic E-state index is -0.856. The average molecular weight is 203 g/mol. The molecule has 81 valence electrons. The lowest BCUT2D eigenvalue weighted by atomic mass is 10.2. The summed E-state index contributed by atoms with van der Waals surface area (Å²) >= 11 is 0. The monoisotopic (exact) mass is 203 g/mol. The van der Waals surface area contributed by atoms with Crippen LogP contribution in [0.2, 0.25) is 0 Å². The van der Waals surface area contributed by atoms with Crippen LogP contribution in [0.3, 0.4) is 0 Å². The van der Waals surface area contributed by atoms with Crippen LogP contribution in [0.4, 0.5) is 9.59 Å². The molecule has 0 heterocycles. The van der Waals surface area contributed by atoms with E-state index >= 15 is 0 Å². The van der Waals surface area contributed by atoms with E-state index in [4.69, 9.17) is 4.74 Å². The molecule has 6 heteroatoms. The first-order valence-electron chi connectivity index (χ1n) is 4.21. The Bertz CT molecular complexity index is 210. The van der Waals surface area contributed by atoms with E-state index in [-0.39, 0.29) is 6.61 Å². The first-order chi connectivity index (χ1) is 6.35. The van der Waals surface area contributed by atoms with Gasteiger partial charge in [0.05, 0.1) is 6.61 Å². The molecule has 0 spiro atoms. The van der Waals surface area contributed by atoms with Crippen molar-refractivity contribution in [2.24, 2.45) is 0 Å². The van der Waals surface area contributed by atoms with Gasteiger partial charge in [0.25, 0.3) is 0 Å². The van der Waals surface area contributed by atoms with Crippen LogP contribution in [-0.2, 0) is 9.47 Å². The van der Waals surface area contributed by atoms with Crippen molar-refractivity contribution in [1.82, 2.24) is 10.9 Å². The molecule has 0 unspecified atom stereocenters. The molecule has 6 nitrogen and oxygen atoms in total. The van der Waals surface area contributed by atoms with Gasteiger partial charge >= 0.3 is 12.2 Å². The molecule has 0 saturated carbocycles. The Morgan fingerprint density at radius 1 is 1.36 bits per heavy atom. The molecule has 0 aromatic heterocycles. The molecule has 1 radical (unpaired) electrons. The van der Waals surface area contributed by atoms with E-state index in [9.17, 15) is 9.59 Å². The van der Waals surface area contributed by atoms with Crippen molar-refractivity contribution in [3.8, 4) is 0 Å². The summed E-state index contributed by atoms with van der Waals surface area (Å²) in [6.45, 7) is 6.96. The van der Waals surface area contributed by atoms with Gasteiger partial charge in [-0.25, -0.2) is 15.0 Å². The molecule has 0 aliphatic carbocycles. The number of ether oxygens (including phenoxy) is 2. The van der Waals surface area contributed by atoms with Crippen LogP contribution in [0, 0.1) is 0 Å². The number of rotatable bonds is 1. The standard InChI is InChI=1S/C8H15N2O4/c1-5-13-6(11)9-10-7(12)14-8(2,3)4/h5H2,1-4H3,(H,9,11). The summed E-state index contributed by atoms with van der Waals surface area (Å²) < 4.78 is 9.26. The van der Waals surface area contributed by atoms with Gasteiger partial charge in [-0.05, 0) is 27.7 Å². The lowest BCUT2D eigenvalue weighted by molar-refractivity contribution is 0.0478. The molecule has 0 bridgehead atoms. The smallest absolute Gasteiger partial charge is 0.449 e. The van der Waals surface area contributed by atoms with E-state index in [0.717, 1.165) is 0 Å². The van der Waals surface area contributed by atoms with Gasteiger partial charge in [0, 0.05) is 0 Å². The summed E-state index contributed by atoms with van der Waals surface area (Å²) in [5.74, 6) is 0. The fourth-order valence-electron chi connectivity index (χ4n) is 0.539. The van der Waals surface area contributed by atoms with Gasteiger partial charge in [-0.2, -0.15) is 0 Å². The average Bonchev–Trinajstić information content (AvgIpc) is 1.98. The number of nitrogens with one attached hydrogen (secondary N) is 1. The molecule has 0 rings (SSSR count). The van der Waals surface area contributed by atoms with Gasteiger partial charge in [0.1, 0.15) is 5.60 Å². The number of amides is 2. The molecular weight excluding hydrogens is 188 g/mol. The second-order valence-corrected chi connectivity index (χ2v) is 3.42. The quantitative estimate of drug-likeness (QED) is 0.649. The molecule has 0 fully saturated rings. The Hall–Kier alpha value is -1.46. The van der Waals surface area contributed by atoms with E-state index < -0.39 is 17.8 Å². The highest BCUT2D eigenvalue weighted by Gasteiger charge is 2.17. The van der Waals surface area contributed by atoms with Crippen LogP contribution in [0.25, 0.3) is 0 Å². The maximum absolute atomic E-state index is 10.9. The second kappa shape index (κ2) is 5.31. The SMILES string of the molecule is CCOC(=O)N[N]C(=O)OC(C)(C)C. The van der Waals surface area contributed by atoms with Crippen LogP contribution in [0.15, 0.2) is 0 Å². The summed E-state index contributed by atoms with van der Waals surface area (Å²) in [7, 11) is 0. The second-order valence-electron chi connectivity index (χ2n) is 3.42. The Labute approximate surface area is 82.9 Å². The van der Waals surface area contributed by atoms with Crippen molar-refractivity contribution in [3.05, 3.63) is 0 Å². The van der Waals surface area contributed by atoms with E-state index in [2.05, 4.69) is 10.2 Å². The van der Waals surface area contributed by atoms with E-state index in [1.54, 1.807) is 27.7 Å². The molecule has 0 atom stereocenters. The number of carbonyl (C=O) groups excluding carboxylic acids is 2. The molecule has 0 aliphatic heterocycles. The highest BCUT2D eigenvalue weighted by atomic mass is 16.6. The van der Waals surface area contributed by atoms with Gasteiger partial charge in [-0.1, -0.05) is 5.43 Å². The molecular formula is C8H15N2O4. The summed E-state index contributed by atoms with van der Waals surface area (Å²) in [5, 5.41) is 0. The van der Waals surface area contributed by atoms with Crippen molar-refractivity contribution < 1.29 is 19.1 Å². The van der Waals surface area contributed by atoms with Crippen molar-refractivity contribution in [2.45, 2.75) is 33.3 Å². The van der Waals surface area contributed by atoms with E-state index in [1.165, 1.54) is 0 Å². The Balaban J connectivity index is 3.70. The van der Waals surface area contributed by atoms with Crippen LogP contribution in [-0.4, -0.2) is 24.4 Å². The molecule has 14 heavy (non-hydrogen) atoms. The number of hydrogen-bond acceptors (Lipinski definition) is 4. The summed E-state index contributed by atoms with van der Waals surface area (Å²) in [6, 6.07) is 0. The first-order valence-corrected chi connectivity index (χ1v) is 4.21. The molecule has 0 aliphatic rings. The summed E-state index contributed by atoms with van der Waals surface area (Å²) in [6.07, 6.45) is -1.64. The van der Waals surface area contributed by atoms with Crippen molar-refractivity contribution in [1.29, 1.82) is 0 Å². The van der Waals surface area contributed by atoms with Crippen LogP contribution >= 0.6 is 0 Å². The van der Waals surface area contributed by atoms with Crippen LogP contribution in [0.5, 0.6) is 0 Å². The highest BCUT2D eigenvalue weighted by Crippen LogP contribution is 2.06. The van der Waals surface area contributed by atoms with Gasteiger partial charge in [0.15, 0.2) is 0 Å². The minimum absolute atomic E-state index is 0.218. The van der Waals surface area contributed by atoms with Crippen LogP contribution < -0.4 is 10.9 Å². The van der Waals surface area contributed by atoms with Gasteiger partial charge in [-0.15, -0.1) is 0 Å². The largest absolute Gasteiger partial charge is 0.451 e. The normalized spacial score (nSPS) is 10.3. The Morgan fingerprint density at radius 3 is 2.36 bits per heavy atom. The minimum Gasteiger partial charge on any atom is -0.449 e. The molecule has 1 N–H and O–H groups in total. The Morgan fingerprint density at radius 2 is 1.93 bits per heavy atom. The third-order valence-corrected chi connectivity index (χ3v) is 0.907. The zero-order valence-electron chi connectivity index (χ0n) is 8.79. The molecule has 0 saturated heterocycles. The van der Waals surface area contributed by atoms with Crippen molar-refractivity contribution >= 4 is 12.2 Å². The van der Waals surface area contributed by atoms with Crippen LogP contribution in [0.1, 0.15) is 27.7 Å². The number of carbonyl (C=O) groups is 2. The lowest BCUT2D eigenvalue weighted by Crippen LogP contribution is -2.39. The predicted molar refractivity (Wildman–Crippen MR) is 48.5 cm³/mol. The predicted octanol–water partition coefficient (Wildman–Crippen LogP) is 1.19. The van der Waals surface area contributed by atoms with E-state index in [1.807, 2.05) is 5.43 Å². The van der Waals surface area contributed by atoms with Gasteiger partial charge in [0.2, 0.25) is 0 Å². The van der Waals surface area contributed by atoms with Crippen molar-refractivity contribution in [2.75, 3.05) is 6.61 Å². The fourth-order valence-corrected chi connectivity index (χ4v) is 0.539. The molecule has 0 aromatic carbocycles. The zero-order chi connectivity index (χ0) is 11.2. The van der Waals surface area contributed by atoms with Gasteiger partial charge in [-0.3, -0.25) is 0 Å². The van der Waals surface area contributed by atoms with Gasteiger partial charge < -0.3 is 9.47 Å². The lowest BCUT2D eigenvalue weighted by Gasteiger charge is -2.18. The molecule has 0 aromatic rings. The van der Waals surface area contributed by atoms with E-state index in [0.29, 0.717) is 0 Å². The van der Waals surface area contributed by atoms with Crippen molar-refractivity contribution in [3.63, 3.8) is 0 Å². The number of hydrogen-bond donors (Lipinski definition) is 1. The molecule has 2 amide bonds. The Kier molecular flexibility index (Phi) is 4.76. The number of nitrogens with zero attached hydrogens (tertiary/aromatic N) is 1. The maximum atomic E-state index is 10.9. The summed E-state index contributed by atoms with van der Waals surface area (Å²) in [5.41, 5.74) is 4.41. The highest BCUT2D eigenvalue weighted by molar-refractivity contribution is 5.73. The fraction of sp³-hybridized carbons (Fsp3) is 0.750. The summed E-state index contributed by atoms with van der Waals surface area (Å²) in [4.78, 5) is 21.6. The zero-order valence-corrected chi connectivity index (χ0v) is 8.79. The topological polar surface area (TPSA) is 78.7 Å². The third-order valence-electron chi connectivity index (χ3n) is 0.907. The first kappa shape index (κ1) is 12.5. The maximum Gasteiger partial charge on any atom is 0.451 e. The third kappa shape index (κ3) is 7.20.